The van der Waals surface area contributed by atoms with Crippen molar-refractivity contribution in [1.29, 1.82) is 0 Å². The molecule has 0 bridgehead atoms. The molecule has 6 heteroatoms. The fourth-order valence-electron chi connectivity index (χ4n) is 1.78. The predicted molar refractivity (Wildman–Crippen MR) is 69.4 cm³/mol. The first kappa shape index (κ1) is 15.1. The number of hydrogen-bond acceptors (Lipinski definition) is 3. The second kappa shape index (κ2) is 6.84. The number of halogens is 1. The maximum atomic E-state index is 12.9. The van der Waals surface area contributed by atoms with Crippen LogP contribution in [-0.2, 0) is 9.59 Å². The van der Waals surface area contributed by atoms with Gasteiger partial charge in [-0.2, -0.15) is 0 Å². The standard InChI is InChI=1S/C13H17FN2O3/c1-3-11(13(18)19)16(2)8-12(17)15-10-6-4-5-9(14)7-10/h4-7,11H,3,8H2,1-2H3,(H,15,17)(H,18,19). The average molecular weight is 268 g/mol. The number of hydrogen-bond donors (Lipinski definition) is 2. The summed E-state index contributed by atoms with van der Waals surface area (Å²) in [7, 11) is 1.56. The Morgan fingerprint density at radius 2 is 2.16 bits per heavy atom. The van der Waals surface area contributed by atoms with Crippen LogP contribution in [0.3, 0.4) is 0 Å². The molecule has 104 valence electrons. The number of carboxylic acids is 1. The molecule has 0 spiro atoms. The van der Waals surface area contributed by atoms with Gasteiger partial charge in [-0.15, -0.1) is 0 Å². The number of carbonyl (C=O) groups excluding carboxylic acids is 1. The Bertz CT molecular complexity index is 465. The van der Waals surface area contributed by atoms with Crippen molar-refractivity contribution in [3.05, 3.63) is 30.1 Å². The molecule has 19 heavy (non-hydrogen) atoms. The fraction of sp³-hybridized carbons (Fsp3) is 0.385. The number of rotatable bonds is 6. The highest BCUT2D eigenvalue weighted by molar-refractivity contribution is 5.92. The van der Waals surface area contributed by atoms with Gasteiger partial charge < -0.3 is 10.4 Å². The quantitative estimate of drug-likeness (QED) is 0.821. The minimum absolute atomic E-state index is 0.0681. The molecule has 0 aliphatic carbocycles. The SMILES string of the molecule is CCC(C(=O)O)N(C)CC(=O)Nc1cccc(F)c1. The van der Waals surface area contributed by atoms with Crippen LogP contribution in [0.15, 0.2) is 24.3 Å². The first-order valence-electron chi connectivity index (χ1n) is 5.92. The second-order valence-electron chi connectivity index (χ2n) is 4.24. The molecule has 0 aliphatic rings. The van der Waals surface area contributed by atoms with Crippen LogP contribution in [0.25, 0.3) is 0 Å². The highest BCUT2D eigenvalue weighted by Crippen LogP contribution is 2.09. The average Bonchev–Trinajstić information content (AvgIpc) is 2.28. The number of likely N-dealkylation sites (N-methyl/N-ethyl adjacent to an activating group) is 1. The van der Waals surface area contributed by atoms with Gasteiger partial charge in [0.15, 0.2) is 0 Å². The normalized spacial score (nSPS) is 12.2. The lowest BCUT2D eigenvalue weighted by atomic mass is 10.2. The Labute approximate surface area is 111 Å². The second-order valence-corrected chi connectivity index (χ2v) is 4.24. The molecular formula is C13H17FN2O3. The van der Waals surface area contributed by atoms with E-state index in [2.05, 4.69) is 5.32 Å². The van der Waals surface area contributed by atoms with Crippen LogP contribution in [0.1, 0.15) is 13.3 Å². The van der Waals surface area contributed by atoms with Gasteiger partial charge in [-0.25, -0.2) is 4.39 Å². The number of carboxylic acid groups (broad SMARTS) is 1. The maximum Gasteiger partial charge on any atom is 0.320 e. The van der Waals surface area contributed by atoms with E-state index in [1.54, 1.807) is 20.0 Å². The van der Waals surface area contributed by atoms with Crippen molar-refractivity contribution in [3.8, 4) is 0 Å². The number of anilines is 1. The van der Waals surface area contributed by atoms with Crippen molar-refractivity contribution in [3.63, 3.8) is 0 Å². The first-order chi connectivity index (χ1) is 8.93. The maximum absolute atomic E-state index is 12.9. The lowest BCUT2D eigenvalue weighted by molar-refractivity contribution is -0.143. The summed E-state index contributed by atoms with van der Waals surface area (Å²) in [4.78, 5) is 24.1. The number of nitrogens with one attached hydrogen (secondary N) is 1. The largest absolute Gasteiger partial charge is 0.480 e. The van der Waals surface area contributed by atoms with Crippen LogP contribution < -0.4 is 5.32 Å². The zero-order chi connectivity index (χ0) is 14.4. The fourth-order valence-corrected chi connectivity index (χ4v) is 1.78. The summed E-state index contributed by atoms with van der Waals surface area (Å²) in [6, 6.07) is 4.82. The minimum atomic E-state index is -0.969. The van der Waals surface area contributed by atoms with E-state index in [0.717, 1.165) is 0 Å². The van der Waals surface area contributed by atoms with E-state index in [4.69, 9.17) is 5.11 Å². The van der Waals surface area contributed by atoms with Gasteiger partial charge in [0.1, 0.15) is 11.9 Å². The lowest BCUT2D eigenvalue weighted by Crippen LogP contribution is -2.42. The Balaban J connectivity index is 2.58. The van der Waals surface area contributed by atoms with Gasteiger partial charge in [-0.05, 0) is 31.7 Å². The monoisotopic (exact) mass is 268 g/mol. The van der Waals surface area contributed by atoms with E-state index in [-0.39, 0.29) is 12.5 Å². The van der Waals surface area contributed by atoms with E-state index in [1.807, 2.05) is 0 Å². The molecule has 0 fully saturated rings. The summed E-state index contributed by atoms with van der Waals surface area (Å²) >= 11 is 0. The number of carbonyl (C=O) groups is 2. The Kier molecular flexibility index (Phi) is 5.44. The van der Waals surface area contributed by atoms with E-state index in [0.29, 0.717) is 12.1 Å². The molecule has 0 aliphatic heterocycles. The molecule has 0 saturated heterocycles. The molecule has 2 N–H and O–H groups in total. The van der Waals surface area contributed by atoms with Crippen molar-refractivity contribution in [2.45, 2.75) is 19.4 Å². The topological polar surface area (TPSA) is 69.6 Å². The Hall–Kier alpha value is -1.95. The molecule has 0 radical (unpaired) electrons. The third kappa shape index (κ3) is 4.67. The van der Waals surface area contributed by atoms with Crippen LogP contribution in [0.4, 0.5) is 10.1 Å². The molecule has 1 amide bonds. The van der Waals surface area contributed by atoms with Crippen LogP contribution in [0.5, 0.6) is 0 Å². The van der Waals surface area contributed by atoms with Crippen LogP contribution in [-0.4, -0.2) is 41.5 Å². The van der Waals surface area contributed by atoms with E-state index >= 15 is 0 Å². The molecule has 1 unspecified atom stereocenters. The zero-order valence-electron chi connectivity index (χ0n) is 10.9. The Morgan fingerprint density at radius 3 is 2.68 bits per heavy atom. The van der Waals surface area contributed by atoms with Gasteiger partial charge in [0.05, 0.1) is 6.54 Å². The van der Waals surface area contributed by atoms with Gasteiger partial charge >= 0.3 is 5.97 Å². The smallest absolute Gasteiger partial charge is 0.320 e. The molecular weight excluding hydrogens is 251 g/mol. The molecule has 0 saturated carbocycles. The highest BCUT2D eigenvalue weighted by atomic mass is 19.1. The molecule has 5 nitrogen and oxygen atoms in total. The molecule has 0 heterocycles. The van der Waals surface area contributed by atoms with Crippen molar-refractivity contribution in [2.24, 2.45) is 0 Å². The molecule has 1 aromatic rings. The van der Waals surface area contributed by atoms with Gasteiger partial charge in [0.25, 0.3) is 0 Å². The summed E-state index contributed by atoms with van der Waals surface area (Å²) < 4.78 is 12.9. The van der Waals surface area contributed by atoms with Crippen molar-refractivity contribution in [2.75, 3.05) is 18.9 Å². The molecule has 0 aromatic heterocycles. The Morgan fingerprint density at radius 1 is 1.47 bits per heavy atom. The van der Waals surface area contributed by atoms with Crippen LogP contribution in [0.2, 0.25) is 0 Å². The number of benzene rings is 1. The third-order valence-electron chi connectivity index (χ3n) is 2.71. The molecule has 1 aromatic carbocycles. The third-order valence-corrected chi connectivity index (χ3v) is 2.71. The van der Waals surface area contributed by atoms with Gasteiger partial charge in [-0.3, -0.25) is 14.5 Å². The van der Waals surface area contributed by atoms with Crippen LogP contribution in [0, 0.1) is 5.82 Å². The van der Waals surface area contributed by atoms with Gasteiger partial charge in [-0.1, -0.05) is 13.0 Å². The highest BCUT2D eigenvalue weighted by Gasteiger charge is 2.22. The summed E-state index contributed by atoms with van der Waals surface area (Å²) in [6.45, 7) is 1.67. The zero-order valence-corrected chi connectivity index (χ0v) is 10.9. The predicted octanol–water partition coefficient (Wildman–Crippen LogP) is 1.56. The summed E-state index contributed by atoms with van der Waals surface area (Å²) in [5.41, 5.74) is 0.349. The molecule has 1 rings (SSSR count). The van der Waals surface area contributed by atoms with Crippen molar-refractivity contribution >= 4 is 17.6 Å². The van der Waals surface area contributed by atoms with Crippen molar-refractivity contribution in [1.82, 2.24) is 4.90 Å². The van der Waals surface area contributed by atoms with E-state index in [1.165, 1.54) is 23.1 Å². The summed E-state index contributed by atoms with van der Waals surface area (Å²) in [5, 5.41) is 11.5. The van der Waals surface area contributed by atoms with Gasteiger partial charge in [0, 0.05) is 5.69 Å². The minimum Gasteiger partial charge on any atom is -0.480 e. The lowest BCUT2D eigenvalue weighted by Gasteiger charge is -2.22. The van der Waals surface area contributed by atoms with Gasteiger partial charge in [0.2, 0.25) is 5.91 Å². The first-order valence-corrected chi connectivity index (χ1v) is 5.92. The summed E-state index contributed by atoms with van der Waals surface area (Å²) in [5.74, 6) is -1.79. The van der Waals surface area contributed by atoms with Crippen LogP contribution >= 0.6 is 0 Å². The molecule has 1 atom stereocenters. The number of aliphatic carboxylic acids is 1. The number of amides is 1. The van der Waals surface area contributed by atoms with E-state index < -0.39 is 17.8 Å². The van der Waals surface area contributed by atoms with Crippen molar-refractivity contribution < 1.29 is 19.1 Å². The summed E-state index contributed by atoms with van der Waals surface area (Å²) in [6.07, 6.45) is 0.402. The van der Waals surface area contributed by atoms with E-state index in [9.17, 15) is 14.0 Å². The number of nitrogens with zero attached hydrogens (tertiary/aromatic N) is 1.